The first-order chi connectivity index (χ1) is 8.83. The number of hydrogen-bond acceptors (Lipinski definition) is 4. The lowest BCUT2D eigenvalue weighted by Crippen LogP contribution is -2.48. The molecule has 0 aliphatic carbocycles. The SMILES string of the molecule is N#CCCCN1CCC[C@H]1C(=O)N1CCSCC1. The number of nitriles is 1. The van der Waals surface area contributed by atoms with Crippen molar-refractivity contribution < 1.29 is 4.79 Å². The molecule has 0 radical (unpaired) electrons. The molecule has 2 aliphatic rings. The van der Waals surface area contributed by atoms with Crippen molar-refractivity contribution >= 4 is 17.7 Å². The first-order valence-corrected chi connectivity index (χ1v) is 7.96. The van der Waals surface area contributed by atoms with Crippen molar-refractivity contribution in [1.82, 2.24) is 9.80 Å². The minimum absolute atomic E-state index is 0.0896. The van der Waals surface area contributed by atoms with E-state index in [0.717, 1.165) is 56.9 Å². The van der Waals surface area contributed by atoms with Crippen LogP contribution in [0.4, 0.5) is 0 Å². The van der Waals surface area contributed by atoms with Crippen molar-refractivity contribution in [3.8, 4) is 6.07 Å². The maximum atomic E-state index is 12.5. The first-order valence-electron chi connectivity index (χ1n) is 6.80. The van der Waals surface area contributed by atoms with E-state index in [2.05, 4.69) is 11.0 Å². The number of nitrogens with zero attached hydrogens (tertiary/aromatic N) is 3. The Balaban J connectivity index is 1.85. The second-order valence-electron chi connectivity index (χ2n) is 4.89. The van der Waals surface area contributed by atoms with Gasteiger partial charge in [-0.1, -0.05) is 0 Å². The minimum Gasteiger partial charge on any atom is -0.340 e. The lowest BCUT2D eigenvalue weighted by Gasteiger charge is -2.32. The number of hydrogen-bond donors (Lipinski definition) is 0. The van der Waals surface area contributed by atoms with Gasteiger partial charge >= 0.3 is 0 Å². The number of rotatable bonds is 4. The molecule has 2 fully saturated rings. The highest BCUT2D eigenvalue weighted by atomic mass is 32.2. The Morgan fingerprint density at radius 1 is 1.33 bits per heavy atom. The van der Waals surface area contributed by atoms with Gasteiger partial charge in [-0.2, -0.15) is 17.0 Å². The van der Waals surface area contributed by atoms with Gasteiger partial charge in [-0.25, -0.2) is 0 Å². The molecule has 1 atom stereocenters. The van der Waals surface area contributed by atoms with Crippen molar-refractivity contribution in [3.05, 3.63) is 0 Å². The van der Waals surface area contributed by atoms with E-state index in [0.29, 0.717) is 12.3 Å². The van der Waals surface area contributed by atoms with E-state index >= 15 is 0 Å². The van der Waals surface area contributed by atoms with Crippen LogP contribution in [0.3, 0.4) is 0 Å². The van der Waals surface area contributed by atoms with Crippen LogP contribution in [0.1, 0.15) is 25.7 Å². The van der Waals surface area contributed by atoms with E-state index in [4.69, 9.17) is 5.26 Å². The number of unbranched alkanes of at least 4 members (excludes halogenated alkanes) is 1. The third kappa shape index (κ3) is 3.39. The zero-order valence-electron chi connectivity index (χ0n) is 10.8. The molecule has 0 aromatic heterocycles. The molecule has 100 valence electrons. The number of carbonyl (C=O) groups is 1. The summed E-state index contributed by atoms with van der Waals surface area (Å²) in [5, 5.41) is 8.57. The van der Waals surface area contributed by atoms with Crippen LogP contribution < -0.4 is 0 Å². The predicted octanol–water partition coefficient (Wildman–Crippen LogP) is 1.33. The fraction of sp³-hybridized carbons (Fsp3) is 0.846. The van der Waals surface area contributed by atoms with Crippen molar-refractivity contribution in [2.24, 2.45) is 0 Å². The second kappa shape index (κ2) is 7.01. The Labute approximate surface area is 113 Å². The van der Waals surface area contributed by atoms with Gasteiger partial charge in [0.1, 0.15) is 0 Å². The summed E-state index contributed by atoms with van der Waals surface area (Å²) in [6.45, 7) is 3.73. The molecule has 2 saturated heterocycles. The zero-order chi connectivity index (χ0) is 12.8. The topological polar surface area (TPSA) is 47.3 Å². The Kier molecular flexibility index (Phi) is 5.33. The van der Waals surface area contributed by atoms with Crippen LogP contribution in [0.25, 0.3) is 0 Å². The average Bonchev–Trinajstić information content (AvgIpc) is 2.88. The Morgan fingerprint density at radius 2 is 2.11 bits per heavy atom. The summed E-state index contributed by atoms with van der Waals surface area (Å²) in [5.41, 5.74) is 0. The Morgan fingerprint density at radius 3 is 2.83 bits per heavy atom. The van der Waals surface area contributed by atoms with Crippen molar-refractivity contribution in [2.75, 3.05) is 37.7 Å². The monoisotopic (exact) mass is 267 g/mol. The maximum Gasteiger partial charge on any atom is 0.239 e. The standard InChI is InChI=1S/C13H21N3OS/c14-5-1-2-6-15-7-3-4-12(15)13(17)16-8-10-18-11-9-16/h12H,1-4,6-11H2/t12-/m0/s1. The van der Waals surface area contributed by atoms with Crippen LogP contribution in [0, 0.1) is 11.3 Å². The van der Waals surface area contributed by atoms with E-state index in [1.54, 1.807) is 0 Å². The van der Waals surface area contributed by atoms with Gasteiger partial charge in [0.2, 0.25) is 5.91 Å². The summed E-state index contributed by atoms with van der Waals surface area (Å²) in [6.07, 6.45) is 3.59. The molecule has 0 saturated carbocycles. The number of carbonyl (C=O) groups excluding carboxylic acids is 1. The van der Waals surface area contributed by atoms with Gasteiger partial charge in [0.15, 0.2) is 0 Å². The highest BCUT2D eigenvalue weighted by Gasteiger charge is 2.33. The van der Waals surface area contributed by atoms with Crippen molar-refractivity contribution in [2.45, 2.75) is 31.7 Å². The lowest BCUT2D eigenvalue weighted by molar-refractivity contribution is -0.135. The normalized spacial score (nSPS) is 25.1. The van der Waals surface area contributed by atoms with Gasteiger partial charge in [-0.15, -0.1) is 0 Å². The van der Waals surface area contributed by atoms with Crippen LogP contribution in [0.5, 0.6) is 0 Å². The maximum absolute atomic E-state index is 12.5. The van der Waals surface area contributed by atoms with Crippen LogP contribution in [-0.4, -0.2) is 59.4 Å². The van der Waals surface area contributed by atoms with Crippen LogP contribution in [-0.2, 0) is 4.79 Å². The van der Waals surface area contributed by atoms with E-state index in [-0.39, 0.29) is 6.04 Å². The summed E-state index contributed by atoms with van der Waals surface area (Å²) in [6, 6.07) is 2.26. The minimum atomic E-state index is 0.0896. The van der Waals surface area contributed by atoms with E-state index in [1.807, 2.05) is 16.7 Å². The fourth-order valence-electron chi connectivity index (χ4n) is 2.73. The highest BCUT2D eigenvalue weighted by molar-refractivity contribution is 7.99. The summed E-state index contributed by atoms with van der Waals surface area (Å²) >= 11 is 1.93. The summed E-state index contributed by atoms with van der Waals surface area (Å²) < 4.78 is 0. The molecule has 0 N–H and O–H groups in total. The fourth-order valence-corrected chi connectivity index (χ4v) is 3.63. The molecule has 2 heterocycles. The molecule has 0 bridgehead atoms. The smallest absolute Gasteiger partial charge is 0.239 e. The first kappa shape index (κ1) is 13.7. The highest BCUT2D eigenvalue weighted by Crippen LogP contribution is 2.21. The van der Waals surface area contributed by atoms with Gasteiger partial charge in [0, 0.05) is 31.0 Å². The molecule has 18 heavy (non-hydrogen) atoms. The van der Waals surface area contributed by atoms with E-state index in [9.17, 15) is 4.79 Å². The lowest BCUT2D eigenvalue weighted by atomic mass is 10.2. The van der Waals surface area contributed by atoms with E-state index < -0.39 is 0 Å². The summed E-state index contributed by atoms with van der Waals surface area (Å²) in [5.74, 6) is 2.48. The van der Waals surface area contributed by atoms with Gasteiger partial charge in [0.05, 0.1) is 12.1 Å². The molecule has 2 rings (SSSR count). The van der Waals surface area contributed by atoms with Crippen LogP contribution >= 0.6 is 11.8 Å². The molecule has 1 amide bonds. The third-order valence-corrected chi connectivity index (χ3v) is 4.65. The molecule has 2 aliphatic heterocycles. The summed E-state index contributed by atoms with van der Waals surface area (Å²) in [7, 11) is 0. The molecule has 0 unspecified atom stereocenters. The summed E-state index contributed by atoms with van der Waals surface area (Å²) in [4.78, 5) is 16.8. The number of amides is 1. The quantitative estimate of drug-likeness (QED) is 0.721. The molecule has 5 heteroatoms. The van der Waals surface area contributed by atoms with Crippen LogP contribution in [0.15, 0.2) is 0 Å². The molecular formula is C13H21N3OS. The Bertz CT molecular complexity index is 323. The zero-order valence-corrected chi connectivity index (χ0v) is 11.6. The molecule has 0 aromatic rings. The van der Waals surface area contributed by atoms with Gasteiger partial charge in [0.25, 0.3) is 0 Å². The number of thioether (sulfide) groups is 1. The van der Waals surface area contributed by atoms with Gasteiger partial charge < -0.3 is 4.90 Å². The van der Waals surface area contributed by atoms with Gasteiger partial charge in [-0.3, -0.25) is 9.69 Å². The second-order valence-corrected chi connectivity index (χ2v) is 6.12. The third-order valence-electron chi connectivity index (χ3n) is 3.71. The van der Waals surface area contributed by atoms with Crippen molar-refractivity contribution in [3.63, 3.8) is 0 Å². The molecule has 0 spiro atoms. The molecule has 4 nitrogen and oxygen atoms in total. The largest absolute Gasteiger partial charge is 0.340 e. The molecular weight excluding hydrogens is 246 g/mol. The van der Waals surface area contributed by atoms with Crippen LogP contribution in [0.2, 0.25) is 0 Å². The van der Waals surface area contributed by atoms with E-state index in [1.165, 1.54) is 0 Å². The van der Waals surface area contributed by atoms with Gasteiger partial charge in [-0.05, 0) is 32.4 Å². The predicted molar refractivity (Wildman–Crippen MR) is 73.3 cm³/mol. The number of likely N-dealkylation sites (tertiary alicyclic amines) is 1. The Hall–Kier alpha value is -0.730. The molecule has 0 aromatic carbocycles. The average molecular weight is 267 g/mol. The van der Waals surface area contributed by atoms with Crippen molar-refractivity contribution in [1.29, 1.82) is 5.26 Å².